The largest absolute Gasteiger partial charge is 0.486 e. The Morgan fingerprint density at radius 3 is 2.76 bits per heavy atom. The summed E-state index contributed by atoms with van der Waals surface area (Å²) >= 11 is 1.53. The number of benzene rings is 1. The van der Waals surface area contributed by atoms with Gasteiger partial charge in [0.25, 0.3) is 5.91 Å². The molecular weight excluding hydrogens is 334 g/mol. The molecule has 4 rings (SSSR count). The molecule has 3 heterocycles. The number of hydrogen-bond donors (Lipinski definition) is 0. The van der Waals surface area contributed by atoms with Crippen molar-refractivity contribution < 1.29 is 9.53 Å². The van der Waals surface area contributed by atoms with Gasteiger partial charge in [0.1, 0.15) is 17.5 Å². The van der Waals surface area contributed by atoms with E-state index >= 15 is 0 Å². The summed E-state index contributed by atoms with van der Waals surface area (Å²) in [4.78, 5) is 19.5. The average Bonchev–Trinajstić information content (AvgIpc) is 3.10. The lowest BCUT2D eigenvalue weighted by Gasteiger charge is -2.39. The zero-order valence-corrected chi connectivity index (χ0v) is 15.4. The van der Waals surface area contributed by atoms with E-state index in [4.69, 9.17) is 4.74 Å². The van der Waals surface area contributed by atoms with Crippen molar-refractivity contribution in [2.75, 3.05) is 13.1 Å². The first-order valence-electron chi connectivity index (χ1n) is 8.39. The van der Waals surface area contributed by atoms with Gasteiger partial charge in [-0.2, -0.15) is 0 Å². The van der Waals surface area contributed by atoms with Gasteiger partial charge in [-0.3, -0.25) is 9.20 Å². The minimum atomic E-state index is -0.0279. The van der Waals surface area contributed by atoms with E-state index in [9.17, 15) is 4.79 Å². The van der Waals surface area contributed by atoms with Crippen LogP contribution in [0.15, 0.2) is 42.0 Å². The van der Waals surface area contributed by atoms with Crippen LogP contribution in [0.1, 0.15) is 36.8 Å². The highest BCUT2D eigenvalue weighted by Gasteiger charge is 2.34. The van der Waals surface area contributed by atoms with E-state index in [0.29, 0.717) is 18.8 Å². The number of amides is 1. The predicted octanol–water partition coefficient (Wildman–Crippen LogP) is 3.60. The fraction of sp³-hybridized carbons (Fsp3) is 0.368. The highest BCUT2D eigenvalue weighted by molar-refractivity contribution is 7.15. The van der Waals surface area contributed by atoms with Gasteiger partial charge < -0.3 is 9.64 Å². The second-order valence-electron chi connectivity index (χ2n) is 7.42. The van der Waals surface area contributed by atoms with Gasteiger partial charge >= 0.3 is 0 Å². The highest BCUT2D eigenvalue weighted by atomic mass is 32.1. The van der Waals surface area contributed by atoms with Crippen molar-refractivity contribution in [3.8, 4) is 5.75 Å². The normalized spacial score (nSPS) is 15.4. The van der Waals surface area contributed by atoms with Crippen LogP contribution in [0.25, 0.3) is 4.96 Å². The number of carbonyl (C=O) groups excluding carboxylic acids is 1. The maximum absolute atomic E-state index is 12.5. The number of nitrogens with zero attached hydrogens (tertiary/aromatic N) is 3. The van der Waals surface area contributed by atoms with Crippen LogP contribution < -0.4 is 4.74 Å². The van der Waals surface area contributed by atoms with Crippen molar-refractivity contribution in [1.29, 1.82) is 0 Å². The maximum atomic E-state index is 12.5. The summed E-state index contributed by atoms with van der Waals surface area (Å²) in [5.41, 5.74) is 1.72. The lowest BCUT2D eigenvalue weighted by Crippen LogP contribution is -2.56. The first kappa shape index (κ1) is 16.1. The number of hydrogen-bond acceptors (Lipinski definition) is 4. The van der Waals surface area contributed by atoms with Gasteiger partial charge in [-0.15, -0.1) is 11.3 Å². The van der Waals surface area contributed by atoms with Gasteiger partial charge in [0, 0.05) is 17.8 Å². The molecule has 1 aliphatic heterocycles. The maximum Gasteiger partial charge on any atom is 0.274 e. The summed E-state index contributed by atoms with van der Waals surface area (Å²) in [5, 5.41) is 1.96. The van der Waals surface area contributed by atoms with E-state index in [2.05, 4.69) is 31.8 Å². The van der Waals surface area contributed by atoms with Crippen molar-refractivity contribution >= 4 is 22.2 Å². The zero-order valence-electron chi connectivity index (χ0n) is 14.6. The third-order valence-corrected chi connectivity index (χ3v) is 5.21. The van der Waals surface area contributed by atoms with Crippen molar-refractivity contribution in [1.82, 2.24) is 14.3 Å². The predicted molar refractivity (Wildman–Crippen MR) is 98.5 cm³/mol. The Balaban J connectivity index is 1.41. The van der Waals surface area contributed by atoms with Gasteiger partial charge in [-0.05, 0) is 17.0 Å². The molecule has 1 fully saturated rings. The number of para-hydroxylation sites is 1. The molecule has 0 bridgehead atoms. The van der Waals surface area contributed by atoms with Crippen LogP contribution in [0.4, 0.5) is 0 Å². The minimum absolute atomic E-state index is 0.0258. The Kier molecular flexibility index (Phi) is 3.80. The van der Waals surface area contributed by atoms with Crippen LogP contribution >= 0.6 is 11.3 Å². The molecule has 1 aliphatic rings. The quantitative estimate of drug-likeness (QED) is 0.721. The van der Waals surface area contributed by atoms with Crippen LogP contribution in [-0.4, -0.2) is 39.4 Å². The first-order valence-corrected chi connectivity index (χ1v) is 9.27. The molecule has 5 nitrogen and oxygen atoms in total. The van der Waals surface area contributed by atoms with Crippen LogP contribution in [-0.2, 0) is 5.41 Å². The monoisotopic (exact) mass is 355 g/mol. The standard InChI is InChI=1S/C19H21N3O2S/c1-19(2,3)14-6-4-5-7-16(14)24-13-10-22(11-13)17(23)15-12-21-8-9-25-18(21)20-15/h4-9,12-13H,10-11H2,1-3H3. The molecule has 130 valence electrons. The Morgan fingerprint density at radius 2 is 2.04 bits per heavy atom. The van der Waals surface area contributed by atoms with Crippen molar-refractivity contribution in [2.24, 2.45) is 0 Å². The van der Waals surface area contributed by atoms with Crippen LogP contribution in [0.5, 0.6) is 5.75 Å². The van der Waals surface area contributed by atoms with E-state index < -0.39 is 0 Å². The molecular formula is C19H21N3O2S. The number of ether oxygens (including phenoxy) is 1. The van der Waals surface area contributed by atoms with Crippen LogP contribution in [0, 0.1) is 0 Å². The summed E-state index contributed by atoms with van der Waals surface area (Å²) in [7, 11) is 0. The van der Waals surface area contributed by atoms with E-state index in [1.165, 1.54) is 16.9 Å². The molecule has 6 heteroatoms. The summed E-state index contributed by atoms with van der Waals surface area (Å²) in [6, 6.07) is 8.14. The Bertz CT molecular complexity index is 888. The van der Waals surface area contributed by atoms with Crippen molar-refractivity contribution in [2.45, 2.75) is 32.3 Å². The number of carbonyl (C=O) groups is 1. The van der Waals surface area contributed by atoms with E-state index in [1.807, 2.05) is 34.2 Å². The number of aromatic nitrogens is 2. The third kappa shape index (κ3) is 3.02. The number of rotatable bonds is 3. The van der Waals surface area contributed by atoms with Gasteiger partial charge in [-0.1, -0.05) is 39.0 Å². The second-order valence-corrected chi connectivity index (χ2v) is 8.29. The summed E-state index contributed by atoms with van der Waals surface area (Å²) in [5.74, 6) is 0.884. The number of thiazole rings is 1. The van der Waals surface area contributed by atoms with Gasteiger partial charge in [0.15, 0.2) is 4.96 Å². The summed E-state index contributed by atoms with van der Waals surface area (Å²) < 4.78 is 8.03. The topological polar surface area (TPSA) is 46.8 Å². The Labute approximate surface area is 150 Å². The van der Waals surface area contributed by atoms with Crippen molar-refractivity contribution in [3.05, 3.63) is 53.3 Å². The number of likely N-dealkylation sites (tertiary alicyclic amines) is 1. The average molecular weight is 355 g/mol. The Hall–Kier alpha value is -2.34. The first-order chi connectivity index (χ1) is 11.9. The van der Waals surface area contributed by atoms with Crippen LogP contribution in [0.2, 0.25) is 0 Å². The van der Waals surface area contributed by atoms with E-state index in [-0.39, 0.29) is 17.4 Å². The number of imidazole rings is 1. The molecule has 0 atom stereocenters. The molecule has 0 aliphatic carbocycles. The molecule has 25 heavy (non-hydrogen) atoms. The fourth-order valence-electron chi connectivity index (χ4n) is 3.04. The van der Waals surface area contributed by atoms with Gasteiger partial charge in [0.05, 0.1) is 13.1 Å². The number of fused-ring (bicyclic) bond motifs is 1. The second kappa shape index (κ2) is 5.88. The molecule has 1 amide bonds. The summed E-state index contributed by atoms with van der Waals surface area (Å²) in [6.07, 6.45) is 3.74. The molecule has 3 aromatic rings. The molecule has 1 aromatic carbocycles. The molecule has 0 radical (unpaired) electrons. The molecule has 0 saturated carbocycles. The minimum Gasteiger partial charge on any atom is -0.486 e. The highest BCUT2D eigenvalue weighted by Crippen LogP contribution is 2.32. The molecule has 1 saturated heterocycles. The molecule has 0 spiro atoms. The van der Waals surface area contributed by atoms with Crippen molar-refractivity contribution in [3.63, 3.8) is 0 Å². The molecule has 0 N–H and O–H groups in total. The zero-order chi connectivity index (χ0) is 17.6. The summed E-state index contributed by atoms with van der Waals surface area (Å²) in [6.45, 7) is 7.73. The lowest BCUT2D eigenvalue weighted by atomic mass is 9.86. The van der Waals surface area contributed by atoms with Gasteiger partial charge in [-0.25, -0.2) is 4.98 Å². The fourth-order valence-corrected chi connectivity index (χ4v) is 3.74. The lowest BCUT2D eigenvalue weighted by molar-refractivity contribution is 0.0167. The molecule has 2 aromatic heterocycles. The smallest absolute Gasteiger partial charge is 0.274 e. The molecule has 0 unspecified atom stereocenters. The van der Waals surface area contributed by atoms with Gasteiger partial charge in [0.2, 0.25) is 0 Å². The SMILES string of the molecule is CC(C)(C)c1ccccc1OC1CN(C(=O)c2cn3ccsc3n2)C1. The van der Waals surface area contributed by atoms with E-state index in [1.54, 1.807) is 11.1 Å². The third-order valence-electron chi connectivity index (χ3n) is 4.44. The van der Waals surface area contributed by atoms with Crippen LogP contribution in [0.3, 0.4) is 0 Å². The van der Waals surface area contributed by atoms with E-state index in [0.717, 1.165) is 10.7 Å². The Morgan fingerprint density at radius 1 is 1.28 bits per heavy atom.